The number of thiazole rings is 1. The first-order valence-electron chi connectivity index (χ1n) is 10.4. The van der Waals surface area contributed by atoms with Crippen LogP contribution in [0.1, 0.15) is 24.5 Å². The van der Waals surface area contributed by atoms with E-state index in [1.807, 2.05) is 0 Å². The van der Waals surface area contributed by atoms with Gasteiger partial charge in [0.2, 0.25) is 0 Å². The smallest absolute Gasteiger partial charge is 0.418 e. The fourth-order valence-electron chi connectivity index (χ4n) is 4.74. The van der Waals surface area contributed by atoms with Crippen LogP contribution < -0.4 is 4.90 Å². The van der Waals surface area contributed by atoms with Crippen LogP contribution in [0.2, 0.25) is 0 Å². The number of nitriles is 1. The number of hydrogen-bond donors (Lipinski definition) is 1. The van der Waals surface area contributed by atoms with Gasteiger partial charge in [0.25, 0.3) is 6.01 Å². The van der Waals surface area contributed by atoms with Gasteiger partial charge in [-0.1, -0.05) is 6.07 Å². The molecule has 2 aliphatic heterocycles. The molecule has 1 aromatic carbocycles. The SMILES string of the molecule is N#CCOC(c1ccc(-c2nccs2)c2oc(N3CC4CCC(C3)N4C(=O)O)nc12)C(F)(F)F. The second-order valence-electron chi connectivity index (χ2n) is 8.08. The van der Waals surface area contributed by atoms with E-state index < -0.39 is 25.0 Å². The van der Waals surface area contributed by atoms with Gasteiger partial charge in [0.1, 0.15) is 17.1 Å². The number of halogens is 3. The Morgan fingerprint density at radius 3 is 2.68 bits per heavy atom. The lowest BCUT2D eigenvalue weighted by Gasteiger charge is -2.38. The lowest BCUT2D eigenvalue weighted by molar-refractivity contribution is -0.219. The number of alkyl halides is 3. The van der Waals surface area contributed by atoms with Crippen molar-refractivity contribution in [1.82, 2.24) is 14.9 Å². The largest absolute Gasteiger partial charge is 0.465 e. The Labute approximate surface area is 195 Å². The van der Waals surface area contributed by atoms with E-state index in [0.29, 0.717) is 36.5 Å². The number of amides is 1. The van der Waals surface area contributed by atoms with Crippen molar-refractivity contribution in [1.29, 1.82) is 5.26 Å². The molecule has 0 aliphatic carbocycles. The number of rotatable bonds is 5. The molecule has 3 unspecified atom stereocenters. The third-order valence-corrected chi connectivity index (χ3v) is 6.90. The highest BCUT2D eigenvalue weighted by Crippen LogP contribution is 2.43. The molecule has 1 N–H and O–H groups in total. The second-order valence-corrected chi connectivity index (χ2v) is 8.98. The van der Waals surface area contributed by atoms with Gasteiger partial charge in [-0.25, -0.2) is 9.78 Å². The molecule has 34 heavy (non-hydrogen) atoms. The molecule has 2 fully saturated rings. The van der Waals surface area contributed by atoms with Gasteiger partial charge in [-0.3, -0.25) is 4.90 Å². The van der Waals surface area contributed by atoms with Crippen molar-refractivity contribution in [2.75, 3.05) is 24.6 Å². The number of fused-ring (bicyclic) bond motifs is 3. The normalized spacial score (nSPS) is 21.1. The van der Waals surface area contributed by atoms with Crippen LogP contribution in [0.5, 0.6) is 0 Å². The van der Waals surface area contributed by atoms with E-state index in [1.165, 1.54) is 28.4 Å². The van der Waals surface area contributed by atoms with Crippen LogP contribution in [0.3, 0.4) is 0 Å². The van der Waals surface area contributed by atoms with Crippen molar-refractivity contribution in [3.63, 3.8) is 0 Å². The number of anilines is 1. The predicted octanol–water partition coefficient (Wildman–Crippen LogP) is 4.43. The number of benzene rings is 1. The van der Waals surface area contributed by atoms with Gasteiger partial charge in [-0.2, -0.15) is 23.4 Å². The molecule has 9 nitrogen and oxygen atoms in total. The second kappa shape index (κ2) is 8.44. The van der Waals surface area contributed by atoms with Crippen LogP contribution in [-0.2, 0) is 4.74 Å². The maximum Gasteiger partial charge on any atom is 0.418 e. The van der Waals surface area contributed by atoms with Gasteiger partial charge in [0.05, 0.1) is 23.7 Å². The molecule has 0 saturated carbocycles. The van der Waals surface area contributed by atoms with Gasteiger partial charge in [-0.15, -0.1) is 11.3 Å². The average Bonchev–Trinajstić information content (AvgIpc) is 3.51. The Morgan fingerprint density at radius 2 is 2.09 bits per heavy atom. The van der Waals surface area contributed by atoms with Crippen LogP contribution >= 0.6 is 11.3 Å². The Hall–Kier alpha value is -3.37. The molecule has 13 heteroatoms. The number of nitrogens with zero attached hydrogens (tertiary/aromatic N) is 5. The zero-order valence-electron chi connectivity index (χ0n) is 17.5. The van der Waals surface area contributed by atoms with Crippen molar-refractivity contribution < 1.29 is 32.2 Å². The summed E-state index contributed by atoms with van der Waals surface area (Å²) in [6, 6.07) is 3.95. The predicted molar refractivity (Wildman–Crippen MR) is 114 cm³/mol. The maximum absolute atomic E-state index is 13.8. The number of hydrogen-bond acceptors (Lipinski definition) is 8. The fraction of sp³-hybridized carbons (Fsp3) is 0.429. The summed E-state index contributed by atoms with van der Waals surface area (Å²) in [5.41, 5.74) is 0.322. The maximum atomic E-state index is 13.8. The van der Waals surface area contributed by atoms with E-state index >= 15 is 0 Å². The molecule has 2 aromatic heterocycles. The van der Waals surface area contributed by atoms with Gasteiger partial charge >= 0.3 is 12.3 Å². The highest BCUT2D eigenvalue weighted by molar-refractivity contribution is 7.13. The van der Waals surface area contributed by atoms with Gasteiger partial charge in [-0.05, 0) is 18.9 Å². The van der Waals surface area contributed by atoms with E-state index in [-0.39, 0.29) is 34.8 Å². The van der Waals surface area contributed by atoms with E-state index in [2.05, 4.69) is 9.97 Å². The molecule has 2 bridgehead atoms. The number of ether oxygens (including phenoxy) is 1. The van der Waals surface area contributed by atoms with Gasteiger partial charge < -0.3 is 19.2 Å². The Kier molecular flexibility index (Phi) is 5.57. The number of aromatic nitrogens is 2. The highest BCUT2D eigenvalue weighted by Gasteiger charge is 2.45. The summed E-state index contributed by atoms with van der Waals surface area (Å²) in [7, 11) is 0. The molecule has 3 atom stereocenters. The van der Waals surface area contributed by atoms with E-state index in [0.717, 1.165) is 0 Å². The molecular weight excluding hydrogens is 475 g/mol. The summed E-state index contributed by atoms with van der Waals surface area (Å²) in [5.74, 6) is 0. The highest BCUT2D eigenvalue weighted by atomic mass is 32.1. The lowest BCUT2D eigenvalue weighted by atomic mass is 10.0. The first-order valence-corrected chi connectivity index (χ1v) is 11.3. The topological polar surface area (TPSA) is 116 Å². The van der Waals surface area contributed by atoms with Crippen molar-refractivity contribution in [3.8, 4) is 16.6 Å². The minimum Gasteiger partial charge on any atom is -0.465 e. The van der Waals surface area contributed by atoms with Crippen LogP contribution in [0.15, 0.2) is 28.1 Å². The summed E-state index contributed by atoms with van der Waals surface area (Å²) in [4.78, 5) is 23.5. The van der Waals surface area contributed by atoms with E-state index in [9.17, 15) is 23.1 Å². The van der Waals surface area contributed by atoms with Crippen LogP contribution in [0, 0.1) is 11.3 Å². The fourth-order valence-corrected chi connectivity index (χ4v) is 5.40. The summed E-state index contributed by atoms with van der Waals surface area (Å²) in [6.07, 6.45) is -5.16. The molecule has 0 radical (unpaired) electrons. The van der Waals surface area contributed by atoms with Crippen molar-refractivity contribution >= 4 is 34.5 Å². The molecule has 4 heterocycles. The molecule has 178 valence electrons. The molecule has 2 saturated heterocycles. The van der Waals surface area contributed by atoms with E-state index in [4.69, 9.17) is 14.4 Å². The van der Waals surface area contributed by atoms with Crippen molar-refractivity contribution in [2.45, 2.75) is 37.2 Å². The zero-order valence-corrected chi connectivity index (χ0v) is 18.3. The minimum atomic E-state index is -4.78. The molecule has 5 rings (SSSR count). The van der Waals surface area contributed by atoms with Crippen molar-refractivity contribution in [2.24, 2.45) is 0 Å². The van der Waals surface area contributed by atoms with Crippen LogP contribution in [-0.4, -0.2) is 64.0 Å². The molecule has 0 spiro atoms. The first kappa shape index (κ1) is 22.4. The number of carbonyl (C=O) groups is 1. The van der Waals surface area contributed by atoms with Gasteiger partial charge in [0.15, 0.2) is 11.7 Å². The van der Waals surface area contributed by atoms with Crippen LogP contribution in [0.4, 0.5) is 24.0 Å². The molecule has 1 amide bonds. The number of piperazine rings is 1. The molecular formula is C21H18F3N5O4S. The quantitative estimate of drug-likeness (QED) is 0.555. The summed E-state index contributed by atoms with van der Waals surface area (Å²) >= 11 is 1.30. The monoisotopic (exact) mass is 493 g/mol. The molecule has 2 aliphatic rings. The summed E-state index contributed by atoms with van der Waals surface area (Å²) in [6.45, 7) is -0.0958. The summed E-state index contributed by atoms with van der Waals surface area (Å²) in [5, 5.41) is 20.6. The third kappa shape index (κ3) is 3.82. The number of oxazole rings is 1. The Bertz CT molecular complexity index is 1240. The summed E-state index contributed by atoms with van der Waals surface area (Å²) < 4.78 is 52.4. The minimum absolute atomic E-state index is 0.0315. The lowest BCUT2D eigenvalue weighted by Crippen LogP contribution is -2.55. The zero-order chi connectivity index (χ0) is 24.0. The average molecular weight is 493 g/mol. The number of carboxylic acid groups (broad SMARTS) is 1. The Balaban J connectivity index is 1.60. The Morgan fingerprint density at radius 1 is 1.35 bits per heavy atom. The third-order valence-electron chi connectivity index (χ3n) is 6.09. The van der Waals surface area contributed by atoms with Gasteiger partial charge in [0, 0.05) is 30.2 Å². The van der Waals surface area contributed by atoms with E-state index in [1.54, 1.807) is 22.5 Å². The standard InChI is InChI=1S/C21H18F3N5O4S/c22-21(23,24)17(32-7-5-25)13-3-4-14(18-26-6-8-34-18)16-15(13)27-19(33-16)28-9-11-1-2-12(10-28)29(11)20(30)31/h3-4,6,8,11-12,17H,1-2,7,9-10H2,(H,30,31). The van der Waals surface area contributed by atoms with Crippen molar-refractivity contribution in [3.05, 3.63) is 29.3 Å². The van der Waals surface area contributed by atoms with Crippen LogP contribution in [0.25, 0.3) is 21.7 Å². The molecule has 3 aromatic rings. The first-order chi connectivity index (χ1) is 16.3.